The van der Waals surface area contributed by atoms with Crippen LogP contribution in [0.3, 0.4) is 0 Å². The maximum atomic E-state index is 12.3. The Kier molecular flexibility index (Phi) is 5.57. The molecule has 2 heterocycles. The summed E-state index contributed by atoms with van der Waals surface area (Å²) in [5.41, 5.74) is 1.15. The van der Waals surface area contributed by atoms with Crippen molar-refractivity contribution in [3.05, 3.63) is 29.3 Å². The van der Waals surface area contributed by atoms with Crippen molar-refractivity contribution in [1.82, 2.24) is 25.1 Å². The van der Waals surface area contributed by atoms with Gasteiger partial charge in [-0.05, 0) is 34.7 Å². The highest BCUT2D eigenvalue weighted by molar-refractivity contribution is 7.99. The van der Waals surface area contributed by atoms with E-state index in [1.54, 1.807) is 11.7 Å². The number of tetrazole rings is 1. The van der Waals surface area contributed by atoms with Crippen LogP contribution in [0.25, 0.3) is 0 Å². The first-order valence-electron chi connectivity index (χ1n) is 7.77. The Balaban J connectivity index is 1.43. The zero-order valence-electron chi connectivity index (χ0n) is 13.4. The Morgan fingerprint density at radius 2 is 1.92 bits per heavy atom. The van der Waals surface area contributed by atoms with Crippen molar-refractivity contribution in [2.24, 2.45) is 7.05 Å². The third-order valence-electron chi connectivity index (χ3n) is 3.95. The molecule has 0 spiro atoms. The van der Waals surface area contributed by atoms with Crippen molar-refractivity contribution in [2.75, 3.05) is 36.8 Å². The Bertz CT molecular complexity index is 684. The van der Waals surface area contributed by atoms with E-state index >= 15 is 0 Å². The first-order valence-corrected chi connectivity index (χ1v) is 9.13. The molecule has 24 heavy (non-hydrogen) atoms. The van der Waals surface area contributed by atoms with Crippen molar-refractivity contribution in [3.63, 3.8) is 0 Å². The summed E-state index contributed by atoms with van der Waals surface area (Å²) in [4.78, 5) is 16.5. The van der Waals surface area contributed by atoms with Gasteiger partial charge in [-0.1, -0.05) is 23.4 Å². The molecule has 2 aromatic rings. The molecule has 0 aliphatic carbocycles. The fourth-order valence-electron chi connectivity index (χ4n) is 2.60. The van der Waals surface area contributed by atoms with Gasteiger partial charge in [0.05, 0.1) is 0 Å². The highest BCUT2D eigenvalue weighted by Gasteiger charge is 2.21. The van der Waals surface area contributed by atoms with E-state index in [0.717, 1.165) is 42.0 Å². The number of nitrogens with zero attached hydrogens (tertiary/aromatic N) is 6. The van der Waals surface area contributed by atoms with Crippen LogP contribution < -0.4 is 4.90 Å². The van der Waals surface area contributed by atoms with Gasteiger partial charge in [0.1, 0.15) is 0 Å². The number of aryl methyl sites for hydroxylation is 1. The first kappa shape index (κ1) is 17.0. The number of carbonyl (C=O) groups excluding carboxylic acids is 1. The van der Waals surface area contributed by atoms with Crippen molar-refractivity contribution < 1.29 is 4.79 Å². The zero-order valence-corrected chi connectivity index (χ0v) is 15.0. The number of halogens is 1. The average molecular weight is 367 g/mol. The maximum absolute atomic E-state index is 12.3. The van der Waals surface area contributed by atoms with E-state index in [1.165, 1.54) is 11.8 Å². The summed E-state index contributed by atoms with van der Waals surface area (Å²) < 4.78 is 1.61. The van der Waals surface area contributed by atoms with Gasteiger partial charge in [0.25, 0.3) is 0 Å². The molecule has 0 bridgehead atoms. The predicted octanol–water partition coefficient (Wildman–Crippen LogP) is 1.69. The van der Waals surface area contributed by atoms with E-state index < -0.39 is 0 Å². The number of thioether (sulfide) groups is 1. The van der Waals surface area contributed by atoms with Crippen LogP contribution in [-0.4, -0.2) is 62.9 Å². The topological polar surface area (TPSA) is 67.2 Å². The third kappa shape index (κ3) is 4.18. The van der Waals surface area contributed by atoms with E-state index in [4.69, 9.17) is 11.6 Å². The number of amides is 1. The molecule has 0 saturated carbocycles. The number of aromatic nitrogens is 4. The lowest BCUT2D eigenvalue weighted by Crippen LogP contribution is -2.48. The second-order valence-corrected chi connectivity index (χ2v) is 7.03. The van der Waals surface area contributed by atoms with Gasteiger partial charge in [0, 0.05) is 56.1 Å². The lowest BCUT2D eigenvalue weighted by atomic mass is 10.2. The fourth-order valence-corrected chi connectivity index (χ4v) is 3.50. The van der Waals surface area contributed by atoms with Gasteiger partial charge in [-0.3, -0.25) is 4.79 Å². The summed E-state index contributed by atoms with van der Waals surface area (Å²) in [7, 11) is 1.79. The average Bonchev–Trinajstić information content (AvgIpc) is 3.01. The zero-order chi connectivity index (χ0) is 16.9. The van der Waals surface area contributed by atoms with Crippen LogP contribution in [0.15, 0.2) is 29.4 Å². The minimum Gasteiger partial charge on any atom is -0.368 e. The number of carbonyl (C=O) groups is 1. The Hall–Kier alpha value is -1.80. The molecular formula is C15H19ClN6OS. The number of hydrogen-bond donors (Lipinski definition) is 0. The predicted molar refractivity (Wildman–Crippen MR) is 94.4 cm³/mol. The second kappa shape index (κ2) is 7.85. The van der Waals surface area contributed by atoms with Gasteiger partial charge >= 0.3 is 0 Å². The molecule has 9 heteroatoms. The maximum Gasteiger partial charge on any atom is 0.223 e. The van der Waals surface area contributed by atoms with Crippen LogP contribution in [0.1, 0.15) is 6.42 Å². The Morgan fingerprint density at radius 1 is 1.21 bits per heavy atom. The summed E-state index contributed by atoms with van der Waals surface area (Å²) in [6.07, 6.45) is 0.498. The van der Waals surface area contributed by atoms with E-state index in [1.807, 2.05) is 29.2 Å². The SMILES string of the molecule is Cn1nnnc1SCCC(=O)N1CCN(c2ccc(Cl)cc2)CC1. The van der Waals surface area contributed by atoms with Crippen LogP contribution >= 0.6 is 23.4 Å². The molecule has 1 aromatic heterocycles. The molecule has 0 radical (unpaired) electrons. The largest absolute Gasteiger partial charge is 0.368 e. The summed E-state index contributed by atoms with van der Waals surface area (Å²) in [5, 5.41) is 12.7. The molecule has 0 atom stereocenters. The first-order chi connectivity index (χ1) is 11.6. The number of rotatable bonds is 5. The van der Waals surface area contributed by atoms with Crippen LogP contribution in [0.5, 0.6) is 0 Å². The fraction of sp³-hybridized carbons (Fsp3) is 0.467. The van der Waals surface area contributed by atoms with Crippen LogP contribution in [0.2, 0.25) is 5.02 Å². The molecule has 3 rings (SSSR count). The van der Waals surface area contributed by atoms with Crippen LogP contribution in [-0.2, 0) is 11.8 Å². The summed E-state index contributed by atoms with van der Waals surface area (Å²) in [6, 6.07) is 7.83. The van der Waals surface area contributed by atoms with E-state index in [0.29, 0.717) is 12.2 Å². The van der Waals surface area contributed by atoms with Crippen LogP contribution in [0.4, 0.5) is 5.69 Å². The van der Waals surface area contributed by atoms with Crippen LogP contribution in [0, 0.1) is 0 Å². The minimum absolute atomic E-state index is 0.188. The van der Waals surface area contributed by atoms with Gasteiger partial charge in [-0.25, -0.2) is 4.68 Å². The van der Waals surface area contributed by atoms with Gasteiger partial charge in [0.15, 0.2) is 0 Å². The molecule has 1 fully saturated rings. The summed E-state index contributed by atoms with van der Waals surface area (Å²) in [5.74, 6) is 0.873. The molecule has 7 nitrogen and oxygen atoms in total. The number of benzene rings is 1. The van der Waals surface area contributed by atoms with Gasteiger partial charge in [0.2, 0.25) is 11.1 Å². The highest BCUT2D eigenvalue weighted by atomic mass is 35.5. The molecule has 0 unspecified atom stereocenters. The monoisotopic (exact) mass is 366 g/mol. The third-order valence-corrected chi connectivity index (χ3v) is 5.22. The van der Waals surface area contributed by atoms with E-state index in [2.05, 4.69) is 20.4 Å². The van der Waals surface area contributed by atoms with Gasteiger partial charge in [-0.15, -0.1) is 5.10 Å². The smallest absolute Gasteiger partial charge is 0.223 e. The lowest BCUT2D eigenvalue weighted by Gasteiger charge is -2.36. The molecule has 1 aromatic carbocycles. The van der Waals surface area contributed by atoms with E-state index in [-0.39, 0.29) is 5.91 Å². The molecule has 1 saturated heterocycles. The molecule has 0 N–H and O–H groups in total. The van der Waals surface area contributed by atoms with Crippen molar-refractivity contribution in [1.29, 1.82) is 0 Å². The lowest BCUT2D eigenvalue weighted by molar-refractivity contribution is -0.131. The molecule has 1 amide bonds. The van der Waals surface area contributed by atoms with Gasteiger partial charge < -0.3 is 9.80 Å². The molecule has 1 aliphatic rings. The summed E-state index contributed by atoms with van der Waals surface area (Å²) >= 11 is 7.42. The van der Waals surface area contributed by atoms with Crippen molar-refractivity contribution in [3.8, 4) is 0 Å². The molecule has 128 valence electrons. The van der Waals surface area contributed by atoms with Gasteiger partial charge in [-0.2, -0.15) is 0 Å². The second-order valence-electron chi connectivity index (χ2n) is 5.53. The normalized spacial score (nSPS) is 14.9. The number of anilines is 1. The Labute approximate surface area is 149 Å². The number of hydrogen-bond acceptors (Lipinski definition) is 6. The Morgan fingerprint density at radius 3 is 2.54 bits per heavy atom. The van der Waals surface area contributed by atoms with Crippen molar-refractivity contribution in [2.45, 2.75) is 11.6 Å². The van der Waals surface area contributed by atoms with E-state index in [9.17, 15) is 4.79 Å². The molecular weight excluding hydrogens is 348 g/mol. The summed E-state index contributed by atoms with van der Waals surface area (Å²) in [6.45, 7) is 3.18. The molecule has 1 aliphatic heterocycles. The quantitative estimate of drug-likeness (QED) is 0.750. The highest BCUT2D eigenvalue weighted by Crippen LogP contribution is 2.20. The standard InChI is InChI=1S/C15H19ClN6OS/c1-20-15(17-18-19-20)24-11-6-14(23)22-9-7-21(8-10-22)13-4-2-12(16)3-5-13/h2-5H,6-11H2,1H3. The minimum atomic E-state index is 0.188. The number of piperazine rings is 1. The van der Waals surface area contributed by atoms with Crippen molar-refractivity contribution >= 4 is 35.0 Å².